The minimum atomic E-state index is 0.164. The molecular weight excluding hydrogens is 242 g/mol. The first-order valence-electron chi connectivity index (χ1n) is 6.33. The van der Waals surface area contributed by atoms with Crippen molar-refractivity contribution in [1.82, 2.24) is 4.90 Å². The Kier molecular flexibility index (Phi) is 4.22. The molecule has 1 amide bonds. The van der Waals surface area contributed by atoms with Gasteiger partial charge in [-0.3, -0.25) is 4.79 Å². The van der Waals surface area contributed by atoms with Crippen LogP contribution in [0.1, 0.15) is 24.0 Å². The van der Waals surface area contributed by atoms with Crippen molar-refractivity contribution < 1.29 is 14.3 Å². The van der Waals surface area contributed by atoms with Gasteiger partial charge in [-0.15, -0.1) is 0 Å². The van der Waals surface area contributed by atoms with Crippen molar-refractivity contribution in [3.63, 3.8) is 0 Å². The van der Waals surface area contributed by atoms with Crippen LogP contribution in [0.3, 0.4) is 0 Å². The summed E-state index contributed by atoms with van der Waals surface area (Å²) in [5, 5.41) is 0. The molecule has 0 aromatic heterocycles. The molecule has 1 aliphatic heterocycles. The standard InChI is InChI=1S/C15H19NO3/c1-11-9-12(19-10-18-3)7-8-13(11)14-5-4-6-15(17)16(14)2/h5,7-9H,4,6,10H2,1-3H3. The first kappa shape index (κ1) is 13.6. The van der Waals surface area contributed by atoms with Crippen LogP contribution in [0.15, 0.2) is 24.3 Å². The van der Waals surface area contributed by atoms with Crippen LogP contribution in [0.4, 0.5) is 0 Å². The Balaban J connectivity index is 2.26. The van der Waals surface area contributed by atoms with Gasteiger partial charge in [0.15, 0.2) is 6.79 Å². The number of ether oxygens (including phenoxy) is 2. The SMILES string of the molecule is COCOc1ccc(C2=CCCC(=O)N2C)c(C)c1. The summed E-state index contributed by atoms with van der Waals surface area (Å²) in [5.41, 5.74) is 3.13. The fourth-order valence-corrected chi connectivity index (χ4v) is 2.20. The molecule has 0 unspecified atom stereocenters. The summed E-state index contributed by atoms with van der Waals surface area (Å²) in [6.07, 6.45) is 3.51. The van der Waals surface area contributed by atoms with E-state index >= 15 is 0 Å². The van der Waals surface area contributed by atoms with Gasteiger partial charge in [-0.25, -0.2) is 0 Å². The molecule has 1 heterocycles. The number of amides is 1. The van der Waals surface area contributed by atoms with Crippen molar-refractivity contribution in [1.29, 1.82) is 0 Å². The van der Waals surface area contributed by atoms with Gasteiger partial charge in [0.25, 0.3) is 0 Å². The van der Waals surface area contributed by atoms with Crippen LogP contribution in [0.25, 0.3) is 5.70 Å². The van der Waals surface area contributed by atoms with Gasteiger partial charge in [-0.2, -0.15) is 0 Å². The van der Waals surface area contributed by atoms with Gasteiger partial charge in [0.2, 0.25) is 5.91 Å². The number of carbonyl (C=O) groups excluding carboxylic acids is 1. The maximum atomic E-state index is 11.7. The molecule has 0 saturated carbocycles. The average Bonchev–Trinajstić information content (AvgIpc) is 2.40. The highest BCUT2D eigenvalue weighted by Crippen LogP contribution is 2.28. The molecule has 102 valence electrons. The van der Waals surface area contributed by atoms with E-state index in [4.69, 9.17) is 9.47 Å². The third-order valence-corrected chi connectivity index (χ3v) is 3.25. The maximum Gasteiger partial charge on any atom is 0.227 e. The molecule has 0 aliphatic carbocycles. The summed E-state index contributed by atoms with van der Waals surface area (Å²) in [4.78, 5) is 13.5. The van der Waals surface area contributed by atoms with Crippen LogP contribution >= 0.6 is 0 Å². The molecule has 0 saturated heterocycles. The number of aryl methyl sites for hydroxylation is 1. The predicted octanol–water partition coefficient (Wildman–Crippen LogP) is 2.57. The fourth-order valence-electron chi connectivity index (χ4n) is 2.20. The highest BCUT2D eigenvalue weighted by molar-refractivity contribution is 5.89. The smallest absolute Gasteiger partial charge is 0.227 e. The van der Waals surface area contributed by atoms with Gasteiger partial charge >= 0.3 is 0 Å². The lowest BCUT2D eigenvalue weighted by Crippen LogP contribution is -2.27. The average molecular weight is 261 g/mol. The highest BCUT2D eigenvalue weighted by atomic mass is 16.7. The lowest BCUT2D eigenvalue weighted by molar-refractivity contribution is -0.127. The zero-order valence-electron chi connectivity index (χ0n) is 11.6. The Morgan fingerprint density at radius 2 is 2.16 bits per heavy atom. The van der Waals surface area contributed by atoms with E-state index in [-0.39, 0.29) is 12.7 Å². The molecule has 0 N–H and O–H groups in total. The molecule has 2 rings (SSSR count). The summed E-state index contributed by atoms with van der Waals surface area (Å²) in [7, 11) is 3.41. The molecular formula is C15H19NO3. The van der Waals surface area contributed by atoms with Crippen LogP contribution < -0.4 is 4.74 Å². The van der Waals surface area contributed by atoms with Crippen LogP contribution in [0, 0.1) is 6.92 Å². The molecule has 4 heteroatoms. The van der Waals surface area contributed by atoms with Crippen molar-refractivity contribution in [2.75, 3.05) is 21.0 Å². The van der Waals surface area contributed by atoms with Crippen LogP contribution in [-0.2, 0) is 9.53 Å². The monoisotopic (exact) mass is 261 g/mol. The molecule has 1 aliphatic rings. The first-order valence-corrected chi connectivity index (χ1v) is 6.33. The van der Waals surface area contributed by atoms with Crippen molar-refractivity contribution in [3.05, 3.63) is 35.4 Å². The molecule has 0 bridgehead atoms. The van der Waals surface area contributed by atoms with E-state index in [0.29, 0.717) is 6.42 Å². The van der Waals surface area contributed by atoms with Gasteiger partial charge in [-0.1, -0.05) is 6.08 Å². The molecule has 0 fully saturated rings. The second kappa shape index (κ2) is 5.89. The third kappa shape index (κ3) is 2.96. The number of allylic oxidation sites excluding steroid dienone is 1. The molecule has 0 spiro atoms. The van der Waals surface area contributed by atoms with Gasteiger partial charge in [0.1, 0.15) is 5.75 Å². The lowest BCUT2D eigenvalue weighted by Gasteiger charge is -2.26. The normalized spacial score (nSPS) is 15.4. The van der Waals surface area contributed by atoms with E-state index in [1.54, 1.807) is 12.0 Å². The third-order valence-electron chi connectivity index (χ3n) is 3.25. The zero-order valence-corrected chi connectivity index (χ0v) is 11.6. The number of rotatable bonds is 4. The Labute approximate surface area is 113 Å². The molecule has 4 nitrogen and oxygen atoms in total. The van der Waals surface area contributed by atoms with Crippen molar-refractivity contribution in [3.8, 4) is 5.75 Å². The minimum Gasteiger partial charge on any atom is -0.468 e. The zero-order chi connectivity index (χ0) is 13.8. The van der Waals surface area contributed by atoms with Gasteiger partial charge in [0.05, 0.1) is 0 Å². The number of nitrogens with zero attached hydrogens (tertiary/aromatic N) is 1. The van der Waals surface area contributed by atoms with E-state index in [2.05, 4.69) is 6.08 Å². The lowest BCUT2D eigenvalue weighted by atomic mass is 10.0. The van der Waals surface area contributed by atoms with Gasteiger partial charge in [-0.05, 0) is 37.1 Å². The minimum absolute atomic E-state index is 0.164. The second-order valence-corrected chi connectivity index (χ2v) is 4.61. The van der Waals surface area contributed by atoms with Crippen molar-refractivity contribution in [2.24, 2.45) is 0 Å². The largest absolute Gasteiger partial charge is 0.468 e. The van der Waals surface area contributed by atoms with Crippen LogP contribution in [0.2, 0.25) is 0 Å². The number of methoxy groups -OCH3 is 1. The number of carbonyl (C=O) groups is 1. The predicted molar refractivity (Wildman–Crippen MR) is 73.7 cm³/mol. The molecule has 0 atom stereocenters. The van der Waals surface area contributed by atoms with E-state index in [1.165, 1.54) is 0 Å². The summed E-state index contributed by atoms with van der Waals surface area (Å²) >= 11 is 0. The number of hydrogen-bond donors (Lipinski definition) is 0. The van der Waals surface area contributed by atoms with Crippen LogP contribution in [0.5, 0.6) is 5.75 Å². The fraction of sp³-hybridized carbons (Fsp3) is 0.400. The van der Waals surface area contributed by atoms with E-state index in [1.807, 2.05) is 32.2 Å². The molecule has 0 radical (unpaired) electrons. The Morgan fingerprint density at radius 1 is 1.37 bits per heavy atom. The summed E-state index contributed by atoms with van der Waals surface area (Å²) in [5.74, 6) is 0.935. The Morgan fingerprint density at radius 3 is 2.84 bits per heavy atom. The van der Waals surface area contributed by atoms with Crippen LogP contribution in [-0.4, -0.2) is 31.8 Å². The number of benzene rings is 1. The topological polar surface area (TPSA) is 38.8 Å². The number of hydrogen-bond acceptors (Lipinski definition) is 3. The quantitative estimate of drug-likeness (QED) is 0.782. The second-order valence-electron chi connectivity index (χ2n) is 4.61. The summed E-state index contributed by atoms with van der Waals surface area (Å²) in [6.45, 7) is 2.25. The first-order chi connectivity index (χ1) is 9.13. The Bertz CT molecular complexity index is 508. The van der Waals surface area contributed by atoms with Crippen molar-refractivity contribution in [2.45, 2.75) is 19.8 Å². The van der Waals surface area contributed by atoms with E-state index in [0.717, 1.165) is 29.0 Å². The Hall–Kier alpha value is -1.81. The van der Waals surface area contributed by atoms with E-state index < -0.39 is 0 Å². The maximum absolute atomic E-state index is 11.7. The summed E-state index contributed by atoms with van der Waals surface area (Å²) in [6, 6.07) is 5.85. The summed E-state index contributed by atoms with van der Waals surface area (Å²) < 4.78 is 10.3. The van der Waals surface area contributed by atoms with Crippen molar-refractivity contribution >= 4 is 11.6 Å². The highest BCUT2D eigenvalue weighted by Gasteiger charge is 2.20. The molecule has 1 aromatic carbocycles. The molecule has 19 heavy (non-hydrogen) atoms. The van der Waals surface area contributed by atoms with Gasteiger partial charge < -0.3 is 14.4 Å². The molecule has 1 aromatic rings. The van der Waals surface area contributed by atoms with E-state index in [9.17, 15) is 4.79 Å². The van der Waals surface area contributed by atoms with Gasteiger partial charge in [0, 0.05) is 31.8 Å².